The molecule has 1 aliphatic heterocycles. The van der Waals surface area contributed by atoms with Crippen LogP contribution in [0.4, 0.5) is 0 Å². The number of likely N-dealkylation sites (tertiary alicyclic amines) is 1. The Labute approximate surface area is 186 Å². The van der Waals surface area contributed by atoms with Crippen LogP contribution in [0.5, 0.6) is 0 Å². The molecule has 0 bridgehead atoms. The Hall–Kier alpha value is -1.35. The number of nitrogens with zero attached hydrogens (tertiary/aromatic N) is 3. The van der Waals surface area contributed by atoms with E-state index in [1.54, 1.807) is 0 Å². The molecule has 1 N–H and O–H groups in total. The summed E-state index contributed by atoms with van der Waals surface area (Å²) in [7, 11) is 3.61. The molecule has 0 aromatic heterocycles. The topological polar surface area (TPSA) is 57.2 Å². The lowest BCUT2D eigenvalue weighted by atomic mass is 9.99. The molecule has 1 heterocycles. The van der Waals surface area contributed by atoms with E-state index in [9.17, 15) is 4.79 Å². The lowest BCUT2D eigenvalue weighted by molar-refractivity contribution is -0.145. The van der Waals surface area contributed by atoms with E-state index in [4.69, 9.17) is 9.73 Å². The zero-order valence-electron chi connectivity index (χ0n) is 17.6. The largest absolute Gasteiger partial charge is 0.469 e. The summed E-state index contributed by atoms with van der Waals surface area (Å²) in [4.78, 5) is 21.2. The first kappa shape index (κ1) is 24.7. The predicted molar refractivity (Wildman–Crippen MR) is 125 cm³/mol. The minimum atomic E-state index is -0.122. The van der Waals surface area contributed by atoms with E-state index >= 15 is 0 Å². The number of hydrogen-bond donors (Lipinski definition) is 1. The average molecular weight is 502 g/mol. The van der Waals surface area contributed by atoms with Crippen molar-refractivity contribution in [3.05, 3.63) is 35.9 Å². The number of carbonyl (C=O) groups is 1. The van der Waals surface area contributed by atoms with Crippen molar-refractivity contribution in [1.29, 1.82) is 0 Å². The van der Waals surface area contributed by atoms with Crippen LogP contribution in [-0.2, 0) is 16.1 Å². The van der Waals surface area contributed by atoms with Crippen LogP contribution < -0.4 is 5.32 Å². The maximum Gasteiger partial charge on any atom is 0.310 e. The normalized spacial score (nSPS) is 19.5. The molecule has 2 rings (SSSR count). The van der Waals surface area contributed by atoms with Gasteiger partial charge in [0.2, 0.25) is 0 Å². The molecule has 158 valence electrons. The number of ether oxygens (including phenoxy) is 1. The molecular weight excluding hydrogens is 467 g/mol. The molecule has 1 aromatic rings. The van der Waals surface area contributed by atoms with Gasteiger partial charge in [0.15, 0.2) is 5.96 Å². The third kappa shape index (κ3) is 7.58. The van der Waals surface area contributed by atoms with Crippen molar-refractivity contribution < 1.29 is 9.53 Å². The van der Waals surface area contributed by atoms with Gasteiger partial charge in [0.25, 0.3) is 0 Å². The minimum absolute atomic E-state index is 0. The molecule has 2 atom stereocenters. The third-order valence-corrected chi connectivity index (χ3v) is 5.01. The van der Waals surface area contributed by atoms with E-state index < -0.39 is 0 Å². The second-order valence-corrected chi connectivity index (χ2v) is 7.32. The van der Waals surface area contributed by atoms with E-state index in [2.05, 4.69) is 60.3 Å². The summed E-state index contributed by atoms with van der Waals surface area (Å²) >= 11 is 0. The van der Waals surface area contributed by atoms with Crippen LogP contribution in [0.15, 0.2) is 35.3 Å². The fourth-order valence-electron chi connectivity index (χ4n) is 3.52. The van der Waals surface area contributed by atoms with E-state index in [0.717, 1.165) is 45.1 Å². The van der Waals surface area contributed by atoms with Gasteiger partial charge in [-0.05, 0) is 38.4 Å². The standard InChI is InChI=1S/C21H34N4O2.HI/c1-5-22-21(25-14-17(2)19(16-25)20(26)27-4)23-12-9-13-24(3)15-18-10-7-6-8-11-18;/h6-8,10-11,17,19H,5,9,12-16H2,1-4H3,(H,22,23);1H. The van der Waals surface area contributed by atoms with Crippen LogP contribution in [0.1, 0.15) is 25.8 Å². The van der Waals surface area contributed by atoms with E-state index in [1.807, 2.05) is 6.07 Å². The molecule has 6 nitrogen and oxygen atoms in total. The number of halogens is 1. The first-order chi connectivity index (χ1) is 13.0. The molecule has 0 aliphatic carbocycles. The quantitative estimate of drug-likeness (QED) is 0.195. The van der Waals surface area contributed by atoms with Gasteiger partial charge in [0, 0.05) is 32.7 Å². The molecule has 0 saturated carbocycles. The summed E-state index contributed by atoms with van der Waals surface area (Å²) in [6.07, 6.45) is 1.00. The van der Waals surface area contributed by atoms with Crippen molar-refractivity contribution in [3.8, 4) is 0 Å². The third-order valence-electron chi connectivity index (χ3n) is 5.01. The van der Waals surface area contributed by atoms with Crippen LogP contribution in [-0.4, -0.2) is 68.6 Å². The Morgan fingerprint density at radius 3 is 2.68 bits per heavy atom. The molecule has 1 aliphatic rings. The van der Waals surface area contributed by atoms with Gasteiger partial charge in [-0.25, -0.2) is 0 Å². The SMILES string of the molecule is CCNC(=NCCCN(C)Cc1ccccc1)N1CC(C)C(C(=O)OC)C1.I. The molecule has 1 saturated heterocycles. The molecular formula is C21H35IN4O2. The molecule has 2 unspecified atom stereocenters. The highest BCUT2D eigenvalue weighted by Crippen LogP contribution is 2.24. The molecule has 0 radical (unpaired) electrons. The molecule has 0 amide bonds. The van der Waals surface area contributed by atoms with Crippen LogP contribution in [0, 0.1) is 11.8 Å². The summed E-state index contributed by atoms with van der Waals surface area (Å²) in [5.74, 6) is 0.985. The second kappa shape index (κ2) is 13.0. The Morgan fingerprint density at radius 2 is 2.04 bits per heavy atom. The number of methoxy groups -OCH3 is 1. The zero-order valence-corrected chi connectivity index (χ0v) is 19.9. The Balaban J connectivity index is 0.00000392. The summed E-state index contributed by atoms with van der Waals surface area (Å²) in [5, 5.41) is 3.36. The average Bonchev–Trinajstić information content (AvgIpc) is 3.06. The molecule has 1 aromatic carbocycles. The summed E-state index contributed by atoms with van der Waals surface area (Å²) in [6.45, 7) is 9.22. The summed E-state index contributed by atoms with van der Waals surface area (Å²) < 4.78 is 4.93. The van der Waals surface area contributed by atoms with E-state index in [-0.39, 0.29) is 41.8 Å². The van der Waals surface area contributed by atoms with Gasteiger partial charge >= 0.3 is 5.97 Å². The fraction of sp³-hybridized carbons (Fsp3) is 0.619. The summed E-state index contributed by atoms with van der Waals surface area (Å²) in [6, 6.07) is 10.5. The number of hydrogen-bond acceptors (Lipinski definition) is 4. The van der Waals surface area contributed by atoms with Crippen molar-refractivity contribution in [1.82, 2.24) is 15.1 Å². The highest BCUT2D eigenvalue weighted by atomic mass is 127. The number of carbonyl (C=O) groups excluding carboxylic acids is 1. The van der Waals surface area contributed by atoms with Crippen LogP contribution in [0.25, 0.3) is 0 Å². The Morgan fingerprint density at radius 1 is 1.32 bits per heavy atom. The first-order valence-electron chi connectivity index (χ1n) is 9.88. The molecule has 1 fully saturated rings. The van der Waals surface area contributed by atoms with Crippen LogP contribution in [0.3, 0.4) is 0 Å². The maximum absolute atomic E-state index is 11.9. The lowest BCUT2D eigenvalue weighted by Gasteiger charge is -2.22. The predicted octanol–water partition coefficient (Wildman–Crippen LogP) is 2.83. The zero-order chi connectivity index (χ0) is 19.6. The van der Waals surface area contributed by atoms with Crippen molar-refractivity contribution >= 4 is 35.9 Å². The fourth-order valence-corrected chi connectivity index (χ4v) is 3.52. The maximum atomic E-state index is 11.9. The molecule has 28 heavy (non-hydrogen) atoms. The number of benzene rings is 1. The monoisotopic (exact) mass is 502 g/mol. The van der Waals surface area contributed by atoms with Gasteiger partial charge in [-0.2, -0.15) is 0 Å². The van der Waals surface area contributed by atoms with Crippen molar-refractivity contribution in [2.45, 2.75) is 26.8 Å². The number of esters is 1. The molecule has 7 heteroatoms. The highest BCUT2D eigenvalue weighted by Gasteiger charge is 2.36. The number of rotatable bonds is 8. The van der Waals surface area contributed by atoms with E-state index in [1.165, 1.54) is 12.7 Å². The number of guanidine groups is 1. The van der Waals surface area contributed by atoms with Crippen molar-refractivity contribution in [3.63, 3.8) is 0 Å². The van der Waals surface area contributed by atoms with Gasteiger partial charge in [-0.3, -0.25) is 9.79 Å². The number of aliphatic imine (C=N–C) groups is 1. The highest BCUT2D eigenvalue weighted by molar-refractivity contribution is 14.0. The van der Waals surface area contributed by atoms with Gasteiger partial charge < -0.3 is 19.9 Å². The molecule has 0 spiro atoms. The second-order valence-electron chi connectivity index (χ2n) is 7.32. The van der Waals surface area contributed by atoms with Crippen LogP contribution >= 0.6 is 24.0 Å². The van der Waals surface area contributed by atoms with Crippen molar-refractivity contribution in [2.24, 2.45) is 16.8 Å². The summed E-state index contributed by atoms with van der Waals surface area (Å²) in [5.41, 5.74) is 1.33. The van der Waals surface area contributed by atoms with Crippen molar-refractivity contribution in [2.75, 3.05) is 46.9 Å². The smallest absolute Gasteiger partial charge is 0.310 e. The van der Waals surface area contributed by atoms with Gasteiger partial charge in [0.1, 0.15) is 0 Å². The van der Waals surface area contributed by atoms with Gasteiger partial charge in [-0.15, -0.1) is 24.0 Å². The van der Waals surface area contributed by atoms with E-state index in [0.29, 0.717) is 6.54 Å². The lowest BCUT2D eigenvalue weighted by Crippen LogP contribution is -2.40. The number of nitrogens with one attached hydrogen (secondary N) is 1. The minimum Gasteiger partial charge on any atom is -0.469 e. The Kier molecular flexibility index (Phi) is 11.4. The van der Waals surface area contributed by atoms with Gasteiger partial charge in [0.05, 0.1) is 13.0 Å². The first-order valence-corrected chi connectivity index (χ1v) is 9.88. The van der Waals surface area contributed by atoms with Crippen LogP contribution in [0.2, 0.25) is 0 Å². The van der Waals surface area contributed by atoms with Gasteiger partial charge in [-0.1, -0.05) is 37.3 Å². The Bertz CT molecular complexity index is 612.